The molecule has 4 N–H and O–H groups in total. The Morgan fingerprint density at radius 3 is 2.78 bits per heavy atom. The summed E-state index contributed by atoms with van der Waals surface area (Å²) in [6, 6.07) is 0.378. The Bertz CT molecular complexity index is 370. The van der Waals surface area contributed by atoms with Gasteiger partial charge in [-0.2, -0.15) is 5.10 Å². The molecule has 1 aliphatic carbocycles. The summed E-state index contributed by atoms with van der Waals surface area (Å²) in [6.45, 7) is 5.93. The zero-order valence-electron chi connectivity index (χ0n) is 11.6. The van der Waals surface area contributed by atoms with E-state index < -0.39 is 0 Å². The quantitative estimate of drug-likeness (QED) is 0.698. The van der Waals surface area contributed by atoms with Gasteiger partial charge in [0.15, 0.2) is 0 Å². The molecule has 0 bridgehead atoms. The summed E-state index contributed by atoms with van der Waals surface area (Å²) in [5.74, 6) is 0.563. The van der Waals surface area contributed by atoms with Gasteiger partial charge in [0.1, 0.15) is 0 Å². The van der Waals surface area contributed by atoms with Gasteiger partial charge in [-0.3, -0.25) is 5.10 Å². The maximum Gasteiger partial charge on any atom is 0.0794 e. The van der Waals surface area contributed by atoms with Crippen LogP contribution in [0, 0.1) is 5.92 Å². The zero-order valence-corrected chi connectivity index (χ0v) is 11.6. The summed E-state index contributed by atoms with van der Waals surface area (Å²) in [5.41, 5.74) is 9.80. The number of hydrogen-bond donors (Lipinski definition) is 3. The largest absolute Gasteiger partial charge is 0.329 e. The molecule has 2 rings (SSSR count). The topological polar surface area (TPSA) is 66.7 Å². The summed E-state index contributed by atoms with van der Waals surface area (Å²) < 4.78 is 0. The minimum absolute atomic E-state index is 0.378. The molecule has 1 aromatic rings. The smallest absolute Gasteiger partial charge is 0.0794 e. The summed E-state index contributed by atoms with van der Waals surface area (Å²) in [5, 5.41) is 11.2. The molecule has 1 aromatic heterocycles. The Morgan fingerprint density at radius 2 is 2.06 bits per heavy atom. The van der Waals surface area contributed by atoms with Crippen LogP contribution < -0.4 is 11.1 Å². The zero-order chi connectivity index (χ0) is 13.0. The predicted molar refractivity (Wildman–Crippen MR) is 74.4 cm³/mol. The standard InChI is InChI=1S/C14H26N4/c1-10(2)13(8-15)16-9-14-11-6-4-3-5-7-12(11)17-18-14/h10,13,16H,3-9,15H2,1-2H3,(H,17,18). The SMILES string of the molecule is CC(C)C(CN)NCc1n[nH]c2c1CCCCC2. The van der Waals surface area contributed by atoms with Gasteiger partial charge in [-0.15, -0.1) is 0 Å². The van der Waals surface area contributed by atoms with Crippen molar-refractivity contribution in [3.8, 4) is 0 Å². The summed E-state index contributed by atoms with van der Waals surface area (Å²) >= 11 is 0. The van der Waals surface area contributed by atoms with Gasteiger partial charge in [0.05, 0.1) is 5.69 Å². The summed E-state index contributed by atoms with van der Waals surface area (Å²) in [6.07, 6.45) is 6.26. The van der Waals surface area contributed by atoms with Crippen LogP contribution in [0.5, 0.6) is 0 Å². The van der Waals surface area contributed by atoms with Crippen molar-refractivity contribution in [2.45, 2.75) is 58.5 Å². The summed E-state index contributed by atoms with van der Waals surface area (Å²) in [7, 11) is 0. The fourth-order valence-electron chi connectivity index (χ4n) is 2.69. The number of rotatable bonds is 5. The average molecular weight is 250 g/mol. The Kier molecular flexibility index (Phi) is 4.78. The van der Waals surface area contributed by atoms with Gasteiger partial charge in [-0.05, 0) is 37.2 Å². The molecular formula is C14H26N4. The first-order chi connectivity index (χ1) is 8.72. The number of aryl methyl sites for hydroxylation is 1. The van der Waals surface area contributed by atoms with Crippen LogP contribution >= 0.6 is 0 Å². The van der Waals surface area contributed by atoms with E-state index in [1.807, 2.05) is 0 Å². The molecule has 18 heavy (non-hydrogen) atoms. The van der Waals surface area contributed by atoms with E-state index >= 15 is 0 Å². The number of nitrogens with two attached hydrogens (primary N) is 1. The van der Waals surface area contributed by atoms with Gasteiger partial charge >= 0.3 is 0 Å². The van der Waals surface area contributed by atoms with E-state index in [0.29, 0.717) is 18.5 Å². The summed E-state index contributed by atoms with van der Waals surface area (Å²) in [4.78, 5) is 0. The Balaban J connectivity index is 1.99. The van der Waals surface area contributed by atoms with Crippen LogP contribution in [-0.4, -0.2) is 22.8 Å². The number of nitrogens with zero attached hydrogens (tertiary/aromatic N) is 1. The van der Waals surface area contributed by atoms with Crippen molar-refractivity contribution in [1.29, 1.82) is 0 Å². The number of fused-ring (bicyclic) bond motifs is 1. The van der Waals surface area contributed by atoms with Gasteiger partial charge in [0.2, 0.25) is 0 Å². The Hall–Kier alpha value is -0.870. The van der Waals surface area contributed by atoms with Crippen molar-refractivity contribution in [1.82, 2.24) is 15.5 Å². The second-order valence-electron chi connectivity index (χ2n) is 5.66. The fraction of sp³-hybridized carbons (Fsp3) is 0.786. The van der Waals surface area contributed by atoms with E-state index in [1.165, 1.54) is 42.6 Å². The number of H-pyrrole nitrogens is 1. The van der Waals surface area contributed by atoms with Crippen molar-refractivity contribution in [2.24, 2.45) is 11.7 Å². The molecule has 0 fully saturated rings. The van der Waals surface area contributed by atoms with Crippen LogP contribution in [0.25, 0.3) is 0 Å². The molecule has 1 atom stereocenters. The number of hydrogen-bond acceptors (Lipinski definition) is 3. The molecule has 102 valence electrons. The highest BCUT2D eigenvalue weighted by molar-refractivity contribution is 5.26. The molecule has 0 aromatic carbocycles. The third-order valence-corrected chi connectivity index (χ3v) is 3.98. The molecular weight excluding hydrogens is 224 g/mol. The highest BCUT2D eigenvalue weighted by Gasteiger charge is 2.17. The van der Waals surface area contributed by atoms with E-state index in [4.69, 9.17) is 5.73 Å². The van der Waals surface area contributed by atoms with E-state index in [0.717, 1.165) is 13.0 Å². The normalized spacial score (nSPS) is 17.6. The lowest BCUT2D eigenvalue weighted by Crippen LogP contribution is -2.39. The third kappa shape index (κ3) is 3.12. The first-order valence-corrected chi connectivity index (χ1v) is 7.20. The number of aromatic amines is 1. The molecule has 0 spiro atoms. The van der Waals surface area contributed by atoms with Crippen LogP contribution in [0.1, 0.15) is 50.1 Å². The molecule has 4 heteroatoms. The highest BCUT2D eigenvalue weighted by atomic mass is 15.1. The number of aromatic nitrogens is 2. The van der Waals surface area contributed by atoms with Gasteiger partial charge in [0.25, 0.3) is 0 Å². The molecule has 0 aliphatic heterocycles. The van der Waals surface area contributed by atoms with Crippen LogP contribution in [0.4, 0.5) is 0 Å². The van der Waals surface area contributed by atoms with E-state index in [-0.39, 0.29) is 0 Å². The van der Waals surface area contributed by atoms with Gasteiger partial charge in [-0.1, -0.05) is 20.3 Å². The predicted octanol–water partition coefficient (Wildman–Crippen LogP) is 1.75. The first kappa shape index (κ1) is 13.6. The second-order valence-corrected chi connectivity index (χ2v) is 5.66. The van der Waals surface area contributed by atoms with Crippen LogP contribution in [-0.2, 0) is 19.4 Å². The van der Waals surface area contributed by atoms with Gasteiger partial charge in [0, 0.05) is 24.8 Å². The van der Waals surface area contributed by atoms with Crippen LogP contribution in [0.3, 0.4) is 0 Å². The van der Waals surface area contributed by atoms with E-state index in [1.54, 1.807) is 0 Å². The molecule has 0 radical (unpaired) electrons. The molecule has 1 heterocycles. The monoisotopic (exact) mass is 250 g/mol. The second kappa shape index (κ2) is 6.34. The van der Waals surface area contributed by atoms with E-state index in [9.17, 15) is 0 Å². The van der Waals surface area contributed by atoms with Crippen LogP contribution in [0.15, 0.2) is 0 Å². The molecule has 0 saturated carbocycles. The van der Waals surface area contributed by atoms with E-state index in [2.05, 4.69) is 29.4 Å². The Morgan fingerprint density at radius 1 is 1.28 bits per heavy atom. The molecule has 0 amide bonds. The first-order valence-electron chi connectivity index (χ1n) is 7.20. The average Bonchev–Trinajstić information content (AvgIpc) is 2.59. The minimum Gasteiger partial charge on any atom is -0.329 e. The van der Waals surface area contributed by atoms with Crippen molar-refractivity contribution in [3.05, 3.63) is 17.0 Å². The van der Waals surface area contributed by atoms with Gasteiger partial charge < -0.3 is 11.1 Å². The van der Waals surface area contributed by atoms with Crippen molar-refractivity contribution >= 4 is 0 Å². The van der Waals surface area contributed by atoms with Gasteiger partial charge in [-0.25, -0.2) is 0 Å². The lowest BCUT2D eigenvalue weighted by molar-refractivity contribution is 0.402. The third-order valence-electron chi connectivity index (χ3n) is 3.98. The molecule has 4 nitrogen and oxygen atoms in total. The Labute approximate surface area is 110 Å². The number of nitrogens with one attached hydrogen (secondary N) is 2. The molecule has 1 aliphatic rings. The van der Waals surface area contributed by atoms with Crippen LogP contribution in [0.2, 0.25) is 0 Å². The minimum atomic E-state index is 0.378. The lowest BCUT2D eigenvalue weighted by Gasteiger charge is -2.20. The van der Waals surface area contributed by atoms with Crippen molar-refractivity contribution in [3.63, 3.8) is 0 Å². The van der Waals surface area contributed by atoms with Crippen molar-refractivity contribution < 1.29 is 0 Å². The lowest BCUT2D eigenvalue weighted by atomic mass is 10.0. The maximum absolute atomic E-state index is 5.79. The highest BCUT2D eigenvalue weighted by Crippen LogP contribution is 2.21. The fourth-order valence-corrected chi connectivity index (χ4v) is 2.69. The molecule has 1 unspecified atom stereocenters. The maximum atomic E-state index is 5.79. The molecule has 0 saturated heterocycles. The van der Waals surface area contributed by atoms with Crippen molar-refractivity contribution in [2.75, 3.05) is 6.54 Å².